The Kier molecular flexibility index (Phi) is 5.77. The van der Waals surface area contributed by atoms with E-state index < -0.39 is 0 Å². The SMILES string of the molecule is Cc1ccc(-n2nnnc2SCC(=O)Nc2cc(Cl)ccc2-n2cncn2)c(C)c1. The van der Waals surface area contributed by atoms with Crippen molar-refractivity contribution in [3.8, 4) is 11.4 Å². The van der Waals surface area contributed by atoms with E-state index in [9.17, 15) is 4.79 Å². The van der Waals surface area contributed by atoms with Gasteiger partial charge in [0, 0.05) is 5.02 Å². The average Bonchev–Trinajstić information content (AvgIpc) is 3.39. The number of anilines is 1. The van der Waals surface area contributed by atoms with Crippen molar-refractivity contribution in [2.45, 2.75) is 19.0 Å². The summed E-state index contributed by atoms with van der Waals surface area (Å²) in [5, 5.41) is 19.9. The number of tetrazole rings is 1. The van der Waals surface area contributed by atoms with Gasteiger partial charge in [-0.05, 0) is 54.1 Å². The summed E-state index contributed by atoms with van der Waals surface area (Å²) in [6, 6.07) is 11.2. The van der Waals surface area contributed by atoms with Gasteiger partial charge in [-0.1, -0.05) is 41.1 Å². The van der Waals surface area contributed by atoms with Crippen molar-refractivity contribution in [2.75, 3.05) is 11.1 Å². The van der Waals surface area contributed by atoms with Crippen LogP contribution in [0.1, 0.15) is 11.1 Å². The number of carbonyl (C=O) groups is 1. The smallest absolute Gasteiger partial charge is 0.234 e. The first kappa shape index (κ1) is 20.0. The number of nitrogens with one attached hydrogen (secondary N) is 1. The van der Waals surface area contributed by atoms with Crippen molar-refractivity contribution in [3.05, 3.63) is 65.2 Å². The minimum Gasteiger partial charge on any atom is -0.323 e. The first-order chi connectivity index (χ1) is 14.5. The lowest BCUT2D eigenvalue weighted by molar-refractivity contribution is -0.113. The largest absolute Gasteiger partial charge is 0.323 e. The fourth-order valence-electron chi connectivity index (χ4n) is 2.92. The van der Waals surface area contributed by atoms with Gasteiger partial charge in [0.25, 0.3) is 0 Å². The molecule has 1 N–H and O–H groups in total. The van der Waals surface area contributed by atoms with Crippen LogP contribution in [0.5, 0.6) is 0 Å². The third-order valence-corrected chi connectivity index (χ3v) is 5.41. The van der Waals surface area contributed by atoms with Crippen LogP contribution in [0.4, 0.5) is 5.69 Å². The van der Waals surface area contributed by atoms with E-state index in [-0.39, 0.29) is 11.7 Å². The molecule has 0 aliphatic rings. The third-order valence-electron chi connectivity index (χ3n) is 4.25. The molecule has 0 saturated carbocycles. The molecule has 2 aromatic heterocycles. The predicted octanol–water partition coefficient (Wildman–Crippen LogP) is 3.24. The maximum absolute atomic E-state index is 12.6. The minimum absolute atomic E-state index is 0.120. The van der Waals surface area contributed by atoms with Crippen LogP contribution in [-0.2, 0) is 4.79 Å². The van der Waals surface area contributed by atoms with Gasteiger partial charge in [-0.25, -0.2) is 9.67 Å². The number of halogens is 1. The van der Waals surface area contributed by atoms with Crippen LogP contribution in [0, 0.1) is 13.8 Å². The Hall–Kier alpha value is -3.24. The van der Waals surface area contributed by atoms with Crippen LogP contribution in [0.3, 0.4) is 0 Å². The van der Waals surface area contributed by atoms with Gasteiger partial charge in [0.2, 0.25) is 11.1 Å². The molecular formula is C19H17ClN8OS. The number of aryl methyl sites for hydroxylation is 2. The molecule has 30 heavy (non-hydrogen) atoms. The van der Waals surface area contributed by atoms with E-state index in [1.54, 1.807) is 33.9 Å². The number of hydrogen-bond donors (Lipinski definition) is 1. The summed E-state index contributed by atoms with van der Waals surface area (Å²) in [6.45, 7) is 4.02. The zero-order valence-corrected chi connectivity index (χ0v) is 17.7. The predicted molar refractivity (Wildman–Crippen MR) is 114 cm³/mol. The van der Waals surface area contributed by atoms with Gasteiger partial charge in [-0.2, -0.15) is 9.78 Å². The molecule has 2 aromatic carbocycles. The molecule has 0 bridgehead atoms. The van der Waals surface area contributed by atoms with Crippen LogP contribution in [0.2, 0.25) is 5.02 Å². The number of rotatable bonds is 6. The van der Waals surface area contributed by atoms with Crippen LogP contribution < -0.4 is 5.32 Å². The van der Waals surface area contributed by atoms with E-state index in [1.165, 1.54) is 18.1 Å². The summed E-state index contributed by atoms with van der Waals surface area (Å²) in [4.78, 5) is 16.5. The average molecular weight is 441 g/mol. The maximum Gasteiger partial charge on any atom is 0.234 e. The van der Waals surface area contributed by atoms with Crippen molar-refractivity contribution in [1.82, 2.24) is 35.0 Å². The normalized spacial score (nSPS) is 10.9. The Labute approximate surface area is 181 Å². The lowest BCUT2D eigenvalue weighted by Crippen LogP contribution is -2.16. The summed E-state index contributed by atoms with van der Waals surface area (Å²) in [5.74, 6) is -0.104. The Morgan fingerprint density at radius 3 is 2.77 bits per heavy atom. The molecule has 0 saturated heterocycles. The maximum atomic E-state index is 12.6. The van der Waals surface area contributed by atoms with Crippen LogP contribution in [0.15, 0.2) is 54.2 Å². The highest BCUT2D eigenvalue weighted by Crippen LogP contribution is 2.25. The Bertz CT molecular complexity index is 1190. The third kappa shape index (κ3) is 4.34. The van der Waals surface area contributed by atoms with E-state index >= 15 is 0 Å². The number of nitrogens with zero attached hydrogens (tertiary/aromatic N) is 7. The summed E-state index contributed by atoms with van der Waals surface area (Å²) in [6.07, 6.45) is 2.97. The Morgan fingerprint density at radius 1 is 1.17 bits per heavy atom. The zero-order chi connectivity index (χ0) is 21.1. The fraction of sp³-hybridized carbons (Fsp3) is 0.158. The lowest BCUT2D eigenvalue weighted by Gasteiger charge is -2.11. The van der Waals surface area contributed by atoms with Gasteiger partial charge in [0.15, 0.2) is 0 Å². The van der Waals surface area contributed by atoms with Crippen molar-refractivity contribution in [1.29, 1.82) is 0 Å². The summed E-state index contributed by atoms with van der Waals surface area (Å²) < 4.78 is 3.19. The molecule has 0 spiro atoms. The second kappa shape index (κ2) is 8.64. The summed E-state index contributed by atoms with van der Waals surface area (Å²) in [5.41, 5.74) is 4.27. The first-order valence-corrected chi connectivity index (χ1v) is 10.3. The lowest BCUT2D eigenvalue weighted by atomic mass is 10.1. The fourth-order valence-corrected chi connectivity index (χ4v) is 3.78. The van der Waals surface area contributed by atoms with Crippen LogP contribution in [-0.4, -0.2) is 46.6 Å². The van der Waals surface area contributed by atoms with Crippen LogP contribution >= 0.6 is 23.4 Å². The highest BCUT2D eigenvalue weighted by atomic mass is 35.5. The second-order valence-corrected chi connectivity index (χ2v) is 7.88. The molecule has 0 aliphatic heterocycles. The molecule has 0 aliphatic carbocycles. The monoisotopic (exact) mass is 440 g/mol. The van der Waals surface area contributed by atoms with Gasteiger partial charge < -0.3 is 5.32 Å². The Morgan fingerprint density at radius 2 is 2.00 bits per heavy atom. The van der Waals surface area contributed by atoms with E-state index in [2.05, 4.69) is 37.0 Å². The number of benzene rings is 2. The molecule has 4 rings (SSSR count). The molecule has 4 aromatic rings. The highest BCUT2D eigenvalue weighted by Gasteiger charge is 2.15. The van der Waals surface area contributed by atoms with E-state index in [0.717, 1.165) is 16.8 Å². The minimum atomic E-state index is -0.223. The van der Waals surface area contributed by atoms with Crippen molar-refractivity contribution in [3.63, 3.8) is 0 Å². The van der Waals surface area contributed by atoms with Crippen molar-refractivity contribution in [2.24, 2.45) is 0 Å². The van der Waals surface area contributed by atoms with Gasteiger partial charge in [-0.15, -0.1) is 5.10 Å². The molecule has 0 radical (unpaired) electrons. The quantitative estimate of drug-likeness (QED) is 0.459. The number of hydrogen-bond acceptors (Lipinski definition) is 7. The molecule has 152 valence electrons. The number of carbonyl (C=O) groups excluding carboxylic acids is 1. The highest BCUT2D eigenvalue weighted by molar-refractivity contribution is 7.99. The molecule has 1 amide bonds. The van der Waals surface area contributed by atoms with Gasteiger partial charge in [0.05, 0.1) is 22.8 Å². The summed E-state index contributed by atoms with van der Waals surface area (Å²) in [7, 11) is 0. The number of amides is 1. The number of aromatic nitrogens is 7. The molecule has 0 unspecified atom stereocenters. The molecule has 11 heteroatoms. The van der Waals surface area contributed by atoms with Gasteiger partial charge in [0.1, 0.15) is 12.7 Å². The van der Waals surface area contributed by atoms with Gasteiger partial charge >= 0.3 is 0 Å². The molecule has 0 atom stereocenters. The van der Waals surface area contributed by atoms with Crippen molar-refractivity contribution < 1.29 is 4.79 Å². The van der Waals surface area contributed by atoms with Crippen molar-refractivity contribution >= 4 is 35.0 Å². The zero-order valence-electron chi connectivity index (χ0n) is 16.2. The molecule has 2 heterocycles. The van der Waals surface area contributed by atoms with Gasteiger partial charge in [-0.3, -0.25) is 4.79 Å². The summed E-state index contributed by atoms with van der Waals surface area (Å²) >= 11 is 7.35. The molecule has 0 fully saturated rings. The standard InChI is InChI=1S/C19H17ClN8OS/c1-12-3-5-16(13(2)7-12)28-19(24-25-26-28)30-9-18(29)23-15-8-14(20)4-6-17(15)27-11-21-10-22-27/h3-8,10-11H,9H2,1-2H3,(H,23,29). The van der Waals surface area contributed by atoms with E-state index in [0.29, 0.717) is 21.6 Å². The number of thioether (sulfide) groups is 1. The second-order valence-electron chi connectivity index (χ2n) is 6.50. The Balaban J connectivity index is 1.49. The molecular weight excluding hydrogens is 424 g/mol. The first-order valence-electron chi connectivity index (χ1n) is 8.94. The molecule has 9 nitrogen and oxygen atoms in total. The van der Waals surface area contributed by atoms with E-state index in [4.69, 9.17) is 11.6 Å². The van der Waals surface area contributed by atoms with Crippen LogP contribution in [0.25, 0.3) is 11.4 Å². The van der Waals surface area contributed by atoms with E-state index in [1.807, 2.05) is 26.0 Å². The topological polar surface area (TPSA) is 103 Å².